The number of nitrogens with zero attached hydrogens (tertiary/aromatic N) is 1. The molecular formula is C14H23NO2. The van der Waals surface area contributed by atoms with Crippen LogP contribution in [0.25, 0.3) is 0 Å². The monoisotopic (exact) mass is 237 g/mol. The SMILES string of the molecule is CC(C)OCC(O)CN(C)Cc1ccccc1. The average molecular weight is 237 g/mol. The van der Waals surface area contributed by atoms with Crippen molar-refractivity contribution < 1.29 is 9.84 Å². The van der Waals surface area contributed by atoms with Crippen LogP contribution in [0.1, 0.15) is 19.4 Å². The highest BCUT2D eigenvalue weighted by molar-refractivity contribution is 5.14. The third-order valence-electron chi connectivity index (χ3n) is 2.44. The van der Waals surface area contributed by atoms with Gasteiger partial charge in [-0.25, -0.2) is 0 Å². The van der Waals surface area contributed by atoms with E-state index in [1.807, 2.05) is 39.1 Å². The highest BCUT2D eigenvalue weighted by Crippen LogP contribution is 2.03. The summed E-state index contributed by atoms with van der Waals surface area (Å²) in [6.07, 6.45) is -0.254. The van der Waals surface area contributed by atoms with Crippen molar-refractivity contribution >= 4 is 0 Å². The summed E-state index contributed by atoms with van der Waals surface area (Å²) in [4.78, 5) is 2.10. The van der Waals surface area contributed by atoms with Crippen molar-refractivity contribution in [3.05, 3.63) is 35.9 Å². The van der Waals surface area contributed by atoms with Gasteiger partial charge in [0.2, 0.25) is 0 Å². The first-order valence-electron chi connectivity index (χ1n) is 6.10. The van der Waals surface area contributed by atoms with E-state index in [-0.39, 0.29) is 6.10 Å². The normalized spacial score (nSPS) is 13.3. The molecule has 96 valence electrons. The van der Waals surface area contributed by atoms with Crippen LogP contribution in [0.2, 0.25) is 0 Å². The van der Waals surface area contributed by atoms with E-state index < -0.39 is 6.10 Å². The predicted octanol–water partition coefficient (Wildman–Crippen LogP) is 1.90. The molecule has 0 amide bonds. The zero-order valence-electron chi connectivity index (χ0n) is 11.0. The Bertz CT molecular complexity index is 300. The molecule has 0 saturated heterocycles. The van der Waals surface area contributed by atoms with Gasteiger partial charge in [-0.1, -0.05) is 30.3 Å². The number of likely N-dealkylation sites (N-methyl/N-ethyl adjacent to an activating group) is 1. The highest BCUT2D eigenvalue weighted by atomic mass is 16.5. The molecule has 1 aromatic carbocycles. The van der Waals surface area contributed by atoms with Crippen LogP contribution in [0.5, 0.6) is 0 Å². The third kappa shape index (κ3) is 6.41. The first-order chi connectivity index (χ1) is 8.08. The minimum absolute atomic E-state index is 0.170. The molecule has 1 rings (SSSR count). The van der Waals surface area contributed by atoms with E-state index in [1.165, 1.54) is 5.56 Å². The summed E-state index contributed by atoms with van der Waals surface area (Å²) in [5, 5.41) is 9.78. The molecule has 0 saturated carbocycles. The van der Waals surface area contributed by atoms with Crippen LogP contribution in [-0.4, -0.2) is 42.4 Å². The second-order valence-electron chi connectivity index (χ2n) is 4.72. The largest absolute Gasteiger partial charge is 0.389 e. The maximum atomic E-state index is 9.78. The summed E-state index contributed by atoms with van der Waals surface area (Å²) in [7, 11) is 2.01. The van der Waals surface area contributed by atoms with Crippen LogP contribution in [0, 0.1) is 0 Å². The van der Waals surface area contributed by atoms with Gasteiger partial charge in [0.25, 0.3) is 0 Å². The minimum atomic E-state index is -0.425. The molecule has 3 heteroatoms. The Balaban J connectivity index is 2.27. The Kier molecular flexibility index (Phi) is 6.19. The number of hydrogen-bond donors (Lipinski definition) is 1. The summed E-state index contributed by atoms with van der Waals surface area (Å²) in [5.41, 5.74) is 1.26. The van der Waals surface area contributed by atoms with Crippen molar-refractivity contribution in [3.8, 4) is 0 Å². The van der Waals surface area contributed by atoms with Gasteiger partial charge in [0.05, 0.1) is 18.8 Å². The van der Waals surface area contributed by atoms with E-state index in [0.29, 0.717) is 13.2 Å². The topological polar surface area (TPSA) is 32.7 Å². The van der Waals surface area contributed by atoms with E-state index in [4.69, 9.17) is 4.74 Å². The van der Waals surface area contributed by atoms with Gasteiger partial charge in [-0.05, 0) is 26.5 Å². The molecule has 0 aromatic heterocycles. The van der Waals surface area contributed by atoms with Gasteiger partial charge >= 0.3 is 0 Å². The number of aliphatic hydroxyl groups is 1. The minimum Gasteiger partial charge on any atom is -0.389 e. The lowest BCUT2D eigenvalue weighted by Gasteiger charge is -2.21. The molecule has 0 bridgehead atoms. The molecule has 0 aliphatic rings. The Morgan fingerprint density at radius 3 is 2.47 bits per heavy atom. The standard InChI is InChI=1S/C14H23NO2/c1-12(2)17-11-14(16)10-15(3)9-13-7-5-4-6-8-13/h4-8,12,14,16H,9-11H2,1-3H3. The molecule has 1 unspecified atom stereocenters. The highest BCUT2D eigenvalue weighted by Gasteiger charge is 2.09. The molecule has 3 nitrogen and oxygen atoms in total. The average Bonchev–Trinajstić information content (AvgIpc) is 2.27. The number of ether oxygens (including phenoxy) is 1. The van der Waals surface area contributed by atoms with E-state index in [9.17, 15) is 5.11 Å². The molecular weight excluding hydrogens is 214 g/mol. The molecule has 0 heterocycles. The van der Waals surface area contributed by atoms with Gasteiger partial charge in [0.1, 0.15) is 0 Å². The van der Waals surface area contributed by atoms with Crippen molar-refractivity contribution in [1.29, 1.82) is 0 Å². The van der Waals surface area contributed by atoms with Crippen LogP contribution < -0.4 is 0 Å². The van der Waals surface area contributed by atoms with E-state index in [0.717, 1.165) is 6.54 Å². The van der Waals surface area contributed by atoms with Crippen molar-refractivity contribution in [2.24, 2.45) is 0 Å². The van der Waals surface area contributed by atoms with Crippen LogP contribution in [0.3, 0.4) is 0 Å². The van der Waals surface area contributed by atoms with Gasteiger partial charge in [-0.2, -0.15) is 0 Å². The lowest BCUT2D eigenvalue weighted by Crippen LogP contribution is -2.32. The molecule has 0 aliphatic heterocycles. The van der Waals surface area contributed by atoms with Gasteiger partial charge in [-0.15, -0.1) is 0 Å². The second kappa shape index (κ2) is 7.43. The Hall–Kier alpha value is -0.900. The lowest BCUT2D eigenvalue weighted by molar-refractivity contribution is -0.00634. The van der Waals surface area contributed by atoms with Gasteiger partial charge < -0.3 is 9.84 Å². The zero-order valence-corrected chi connectivity index (χ0v) is 11.0. The number of benzene rings is 1. The molecule has 0 spiro atoms. The van der Waals surface area contributed by atoms with Crippen molar-refractivity contribution in [2.45, 2.75) is 32.6 Å². The molecule has 1 N–H and O–H groups in total. The maximum absolute atomic E-state index is 9.78. The molecule has 17 heavy (non-hydrogen) atoms. The summed E-state index contributed by atoms with van der Waals surface area (Å²) in [6, 6.07) is 10.2. The van der Waals surface area contributed by atoms with Crippen LogP contribution in [-0.2, 0) is 11.3 Å². The summed E-state index contributed by atoms with van der Waals surface area (Å²) < 4.78 is 5.38. The first-order valence-corrected chi connectivity index (χ1v) is 6.10. The number of aliphatic hydroxyl groups excluding tert-OH is 1. The third-order valence-corrected chi connectivity index (χ3v) is 2.44. The Morgan fingerprint density at radius 2 is 1.88 bits per heavy atom. The molecule has 0 fully saturated rings. The predicted molar refractivity (Wildman–Crippen MR) is 69.9 cm³/mol. The maximum Gasteiger partial charge on any atom is 0.0900 e. The smallest absolute Gasteiger partial charge is 0.0900 e. The van der Waals surface area contributed by atoms with Gasteiger partial charge in [0.15, 0.2) is 0 Å². The van der Waals surface area contributed by atoms with Crippen molar-refractivity contribution in [2.75, 3.05) is 20.2 Å². The lowest BCUT2D eigenvalue weighted by atomic mass is 10.2. The van der Waals surface area contributed by atoms with Crippen LogP contribution in [0.15, 0.2) is 30.3 Å². The number of hydrogen-bond acceptors (Lipinski definition) is 3. The van der Waals surface area contributed by atoms with Gasteiger partial charge in [-0.3, -0.25) is 4.90 Å². The van der Waals surface area contributed by atoms with E-state index >= 15 is 0 Å². The van der Waals surface area contributed by atoms with Crippen LogP contribution >= 0.6 is 0 Å². The molecule has 0 aliphatic carbocycles. The molecule has 1 aromatic rings. The summed E-state index contributed by atoms with van der Waals surface area (Å²) in [5.74, 6) is 0. The molecule has 1 atom stereocenters. The Labute approximate surface area is 104 Å². The van der Waals surface area contributed by atoms with Crippen molar-refractivity contribution in [1.82, 2.24) is 4.90 Å². The van der Waals surface area contributed by atoms with Gasteiger partial charge in [0, 0.05) is 13.1 Å². The summed E-state index contributed by atoms with van der Waals surface area (Å²) >= 11 is 0. The zero-order chi connectivity index (χ0) is 12.7. The number of rotatable bonds is 7. The van der Waals surface area contributed by atoms with E-state index in [2.05, 4.69) is 17.0 Å². The van der Waals surface area contributed by atoms with E-state index in [1.54, 1.807) is 0 Å². The fraction of sp³-hybridized carbons (Fsp3) is 0.571. The summed E-state index contributed by atoms with van der Waals surface area (Å²) in [6.45, 7) is 5.82. The first kappa shape index (κ1) is 14.2. The van der Waals surface area contributed by atoms with Crippen molar-refractivity contribution in [3.63, 3.8) is 0 Å². The molecule has 0 radical (unpaired) electrons. The van der Waals surface area contributed by atoms with Crippen LogP contribution in [0.4, 0.5) is 0 Å². The fourth-order valence-corrected chi connectivity index (χ4v) is 1.68. The fourth-order valence-electron chi connectivity index (χ4n) is 1.68. The quantitative estimate of drug-likeness (QED) is 0.786. The second-order valence-corrected chi connectivity index (χ2v) is 4.72. The Morgan fingerprint density at radius 1 is 1.24 bits per heavy atom.